The van der Waals surface area contributed by atoms with Crippen molar-refractivity contribution in [2.45, 2.75) is 46.0 Å². The number of Topliss-reactive ketones (excluding diaryl/α,β-unsaturated/α-hetero) is 1. The molecule has 0 saturated heterocycles. The Balaban J connectivity index is 1.91. The maximum Gasteiger partial charge on any atom is 0.232 e. The molecule has 2 aromatic carbocycles. The number of para-hydroxylation sites is 1. The first kappa shape index (κ1) is 21.9. The molecule has 0 N–H and O–H groups in total. The lowest BCUT2D eigenvalue weighted by Crippen LogP contribution is -2.43. The maximum atomic E-state index is 13.5. The van der Waals surface area contributed by atoms with Crippen LogP contribution >= 0.6 is 23.2 Å². The van der Waals surface area contributed by atoms with Gasteiger partial charge in [-0.15, -0.1) is 0 Å². The lowest BCUT2D eigenvalue weighted by molar-refractivity contribution is -0.121. The summed E-state index contributed by atoms with van der Waals surface area (Å²) in [5, 5.41) is 0.798. The summed E-state index contributed by atoms with van der Waals surface area (Å²) in [7, 11) is 0. The Kier molecular flexibility index (Phi) is 5.89. The van der Waals surface area contributed by atoms with Crippen LogP contribution in [-0.4, -0.2) is 18.3 Å². The molecular weight excluding hydrogens is 433 g/mol. The number of nitrogens with zero attached hydrogens (tertiary/aromatic N) is 1. The molecule has 6 heteroatoms. The van der Waals surface area contributed by atoms with Crippen molar-refractivity contribution in [1.29, 1.82) is 0 Å². The number of carbonyl (C=O) groups is 2. The van der Waals surface area contributed by atoms with Gasteiger partial charge in [-0.05, 0) is 43.0 Å². The zero-order chi connectivity index (χ0) is 22.3. The summed E-state index contributed by atoms with van der Waals surface area (Å²) < 4.78 is 5.83. The van der Waals surface area contributed by atoms with Crippen LogP contribution < -0.4 is 9.64 Å². The van der Waals surface area contributed by atoms with Crippen molar-refractivity contribution in [2.24, 2.45) is 5.41 Å². The third-order valence-electron chi connectivity index (χ3n) is 5.90. The molecule has 0 aromatic heterocycles. The van der Waals surface area contributed by atoms with Crippen LogP contribution in [0, 0.1) is 5.41 Å². The minimum atomic E-state index is -0.326. The third kappa shape index (κ3) is 4.11. The van der Waals surface area contributed by atoms with E-state index in [4.69, 9.17) is 27.9 Å². The van der Waals surface area contributed by atoms with Gasteiger partial charge in [0.2, 0.25) is 5.91 Å². The number of anilines is 1. The molecule has 1 atom stereocenters. The zero-order valence-corrected chi connectivity index (χ0v) is 19.4. The number of hydrogen-bond donors (Lipinski definition) is 0. The van der Waals surface area contributed by atoms with Gasteiger partial charge in [0.05, 0.1) is 22.3 Å². The van der Waals surface area contributed by atoms with Crippen molar-refractivity contribution in [3.8, 4) is 5.75 Å². The van der Waals surface area contributed by atoms with Crippen molar-refractivity contribution >= 4 is 40.6 Å². The molecule has 4 nitrogen and oxygen atoms in total. The molecule has 31 heavy (non-hydrogen) atoms. The second-order valence-electron chi connectivity index (χ2n) is 8.86. The number of ketones is 1. The van der Waals surface area contributed by atoms with E-state index in [0.717, 1.165) is 17.0 Å². The fourth-order valence-electron chi connectivity index (χ4n) is 4.66. The smallest absolute Gasteiger partial charge is 0.232 e. The van der Waals surface area contributed by atoms with Crippen molar-refractivity contribution in [3.05, 3.63) is 69.3 Å². The molecule has 2 aliphatic rings. The Hall–Kier alpha value is -2.30. The normalized spacial score (nSPS) is 20.7. The molecule has 2 aromatic rings. The molecule has 1 aliphatic heterocycles. The highest BCUT2D eigenvalue weighted by atomic mass is 35.5. The van der Waals surface area contributed by atoms with E-state index in [1.165, 1.54) is 0 Å². The van der Waals surface area contributed by atoms with Crippen LogP contribution in [0.15, 0.2) is 53.7 Å². The number of ether oxygens (including phenoxy) is 1. The second-order valence-corrected chi connectivity index (χ2v) is 9.67. The first-order chi connectivity index (χ1) is 14.7. The molecule has 4 rings (SSSR count). The quantitative estimate of drug-likeness (QED) is 0.522. The Morgan fingerprint density at radius 1 is 1.06 bits per heavy atom. The summed E-state index contributed by atoms with van der Waals surface area (Å²) >= 11 is 12.3. The maximum absolute atomic E-state index is 13.5. The van der Waals surface area contributed by atoms with E-state index in [1.807, 2.05) is 31.2 Å². The minimum Gasteiger partial charge on any atom is -0.494 e. The molecule has 0 spiro atoms. The fourth-order valence-corrected chi connectivity index (χ4v) is 4.95. The highest BCUT2D eigenvalue weighted by Crippen LogP contribution is 2.49. The van der Waals surface area contributed by atoms with E-state index in [1.54, 1.807) is 23.1 Å². The molecule has 0 saturated carbocycles. The van der Waals surface area contributed by atoms with Crippen molar-refractivity contribution < 1.29 is 14.3 Å². The number of hydrogen-bond acceptors (Lipinski definition) is 3. The molecule has 1 amide bonds. The summed E-state index contributed by atoms with van der Waals surface area (Å²) in [6.45, 7) is 6.56. The van der Waals surface area contributed by atoms with Gasteiger partial charge in [0.25, 0.3) is 0 Å². The molecular formula is C25H25Cl2NO3. The topological polar surface area (TPSA) is 46.6 Å². The number of allylic oxidation sites excluding steroid dienone is 2. The van der Waals surface area contributed by atoms with Crippen molar-refractivity contribution in [2.75, 3.05) is 11.5 Å². The van der Waals surface area contributed by atoms with Gasteiger partial charge < -0.3 is 4.74 Å². The largest absolute Gasteiger partial charge is 0.494 e. The summed E-state index contributed by atoms with van der Waals surface area (Å²) in [6.07, 6.45) is 1.26. The van der Waals surface area contributed by atoms with Gasteiger partial charge in [-0.1, -0.05) is 55.2 Å². The van der Waals surface area contributed by atoms with Crippen LogP contribution in [-0.2, 0) is 9.59 Å². The molecule has 1 unspecified atom stereocenters. The van der Waals surface area contributed by atoms with Crippen LogP contribution in [0.3, 0.4) is 0 Å². The summed E-state index contributed by atoms with van der Waals surface area (Å²) in [4.78, 5) is 28.6. The number of halogens is 2. The number of amides is 1. The zero-order valence-electron chi connectivity index (χ0n) is 17.9. The minimum absolute atomic E-state index is 0.0704. The van der Waals surface area contributed by atoms with Crippen molar-refractivity contribution in [1.82, 2.24) is 0 Å². The lowest BCUT2D eigenvalue weighted by atomic mass is 9.69. The van der Waals surface area contributed by atoms with Crippen LogP contribution in [0.25, 0.3) is 0 Å². The molecule has 0 fully saturated rings. The van der Waals surface area contributed by atoms with Gasteiger partial charge in [0.15, 0.2) is 5.78 Å². The van der Waals surface area contributed by atoms with E-state index in [-0.39, 0.29) is 29.4 Å². The standard InChI is InChI=1S/C25H25Cl2NO3/c1-4-31-22-8-6-5-7-16(22)17-12-23(30)28(15-9-10-18(26)19(27)11-15)20-13-25(2,3)14-21(29)24(17)20/h5-11,17H,4,12-14H2,1-3H3. The molecule has 162 valence electrons. The Morgan fingerprint density at radius 2 is 1.81 bits per heavy atom. The highest BCUT2D eigenvalue weighted by Gasteiger charge is 2.45. The van der Waals surface area contributed by atoms with Gasteiger partial charge >= 0.3 is 0 Å². The molecule has 0 bridgehead atoms. The second kappa shape index (κ2) is 8.33. The summed E-state index contributed by atoms with van der Waals surface area (Å²) in [5.41, 5.74) is 2.73. The molecule has 1 heterocycles. The first-order valence-corrected chi connectivity index (χ1v) is 11.2. The van der Waals surface area contributed by atoms with Crippen LogP contribution in [0.5, 0.6) is 5.75 Å². The highest BCUT2D eigenvalue weighted by molar-refractivity contribution is 6.42. The van der Waals surface area contributed by atoms with E-state index < -0.39 is 0 Å². The van der Waals surface area contributed by atoms with Gasteiger partial charge in [-0.3, -0.25) is 14.5 Å². The molecule has 1 aliphatic carbocycles. The third-order valence-corrected chi connectivity index (χ3v) is 6.64. The van der Waals surface area contributed by atoms with E-state index in [0.29, 0.717) is 40.8 Å². The monoisotopic (exact) mass is 457 g/mol. The number of benzene rings is 2. The Labute approximate surface area is 192 Å². The van der Waals surface area contributed by atoms with Crippen LogP contribution in [0.1, 0.15) is 51.5 Å². The van der Waals surface area contributed by atoms with Gasteiger partial charge in [-0.2, -0.15) is 0 Å². The predicted octanol–water partition coefficient (Wildman–Crippen LogP) is 6.56. The SMILES string of the molecule is CCOc1ccccc1C1CC(=O)N(c2ccc(Cl)c(Cl)c2)C2=C1C(=O)CC(C)(C)C2. The average Bonchev–Trinajstić information content (AvgIpc) is 2.69. The predicted molar refractivity (Wildman–Crippen MR) is 124 cm³/mol. The van der Waals surface area contributed by atoms with Gasteiger partial charge in [0, 0.05) is 35.6 Å². The number of rotatable bonds is 4. The van der Waals surface area contributed by atoms with E-state index >= 15 is 0 Å². The van der Waals surface area contributed by atoms with Crippen LogP contribution in [0.2, 0.25) is 10.0 Å². The summed E-state index contributed by atoms with van der Waals surface area (Å²) in [6, 6.07) is 12.8. The van der Waals surface area contributed by atoms with E-state index in [2.05, 4.69) is 13.8 Å². The van der Waals surface area contributed by atoms with E-state index in [9.17, 15) is 9.59 Å². The number of carbonyl (C=O) groups excluding carboxylic acids is 2. The average molecular weight is 458 g/mol. The van der Waals surface area contributed by atoms with Gasteiger partial charge in [-0.25, -0.2) is 0 Å². The van der Waals surface area contributed by atoms with Crippen molar-refractivity contribution in [3.63, 3.8) is 0 Å². The Morgan fingerprint density at radius 3 is 2.52 bits per heavy atom. The Bertz CT molecular complexity index is 1090. The summed E-state index contributed by atoms with van der Waals surface area (Å²) in [5.74, 6) is 0.405. The van der Waals surface area contributed by atoms with Crippen LogP contribution in [0.4, 0.5) is 5.69 Å². The first-order valence-electron chi connectivity index (χ1n) is 10.5. The lowest BCUT2D eigenvalue weighted by Gasteiger charge is -2.43. The molecule has 0 radical (unpaired) electrons. The van der Waals surface area contributed by atoms with Gasteiger partial charge in [0.1, 0.15) is 5.75 Å². The fraction of sp³-hybridized carbons (Fsp3) is 0.360.